The molecule has 0 spiro atoms. The molecule has 9 heteroatoms. The summed E-state index contributed by atoms with van der Waals surface area (Å²) in [6.07, 6.45) is 0. The minimum Gasteiger partial charge on any atom is -0.452 e. The maximum atomic E-state index is 12.5. The van der Waals surface area contributed by atoms with E-state index in [9.17, 15) is 18.0 Å². The molecule has 0 atom stereocenters. The molecule has 0 radical (unpaired) electrons. The van der Waals surface area contributed by atoms with Crippen LogP contribution in [0.25, 0.3) is 0 Å². The number of carbonyl (C=O) groups is 2. The molecule has 2 rings (SSSR count). The highest BCUT2D eigenvalue weighted by atomic mass is 35.5. The summed E-state index contributed by atoms with van der Waals surface area (Å²) < 4.78 is 28.1. The van der Waals surface area contributed by atoms with Crippen molar-refractivity contribution in [2.24, 2.45) is 5.14 Å². The van der Waals surface area contributed by atoms with E-state index >= 15 is 0 Å². The van der Waals surface area contributed by atoms with Gasteiger partial charge in [-0.1, -0.05) is 41.9 Å². The van der Waals surface area contributed by atoms with Gasteiger partial charge in [-0.15, -0.1) is 0 Å². The molecule has 0 aromatic heterocycles. The Bertz CT molecular complexity index is 962. The zero-order chi connectivity index (χ0) is 20.9. The summed E-state index contributed by atoms with van der Waals surface area (Å²) in [6, 6.07) is 12.9. The van der Waals surface area contributed by atoms with Crippen LogP contribution in [-0.2, 0) is 26.1 Å². The van der Waals surface area contributed by atoms with Gasteiger partial charge in [-0.2, -0.15) is 0 Å². The van der Waals surface area contributed by atoms with Gasteiger partial charge in [-0.05, 0) is 37.6 Å². The fraction of sp³-hybridized carbons (Fsp3) is 0.263. The zero-order valence-electron chi connectivity index (χ0n) is 15.5. The number of halogens is 1. The van der Waals surface area contributed by atoms with E-state index in [-0.39, 0.29) is 27.4 Å². The summed E-state index contributed by atoms with van der Waals surface area (Å²) in [5.74, 6) is -1.22. The first kappa shape index (κ1) is 21.9. The third-order valence-corrected chi connectivity index (χ3v) is 5.33. The molecule has 2 N–H and O–H groups in total. The summed E-state index contributed by atoms with van der Waals surface area (Å²) in [4.78, 5) is 25.9. The fourth-order valence-corrected chi connectivity index (χ4v) is 3.55. The van der Waals surface area contributed by atoms with Crippen LogP contribution >= 0.6 is 11.6 Å². The van der Waals surface area contributed by atoms with Crippen LogP contribution in [0.5, 0.6) is 0 Å². The van der Waals surface area contributed by atoms with Crippen LogP contribution in [0, 0.1) is 0 Å². The maximum Gasteiger partial charge on any atom is 0.338 e. The Morgan fingerprint density at radius 1 is 1.14 bits per heavy atom. The first-order valence-corrected chi connectivity index (χ1v) is 10.3. The molecule has 2 aromatic carbocycles. The number of hydrogen-bond acceptors (Lipinski definition) is 5. The molecule has 150 valence electrons. The second kappa shape index (κ2) is 9.18. The molecule has 1 amide bonds. The van der Waals surface area contributed by atoms with Gasteiger partial charge >= 0.3 is 5.97 Å². The van der Waals surface area contributed by atoms with Gasteiger partial charge in [0.05, 0.1) is 10.6 Å². The Morgan fingerprint density at radius 3 is 2.36 bits per heavy atom. The number of sulfonamides is 1. The Kier molecular flexibility index (Phi) is 7.17. The van der Waals surface area contributed by atoms with Crippen molar-refractivity contribution in [2.45, 2.75) is 31.3 Å². The number of nitrogens with zero attached hydrogens (tertiary/aromatic N) is 1. The first-order chi connectivity index (χ1) is 13.1. The number of primary sulfonamides is 1. The number of carbonyl (C=O) groups excluding carboxylic acids is 2. The number of hydrogen-bond donors (Lipinski definition) is 1. The number of rotatable bonds is 7. The predicted molar refractivity (Wildman–Crippen MR) is 105 cm³/mol. The van der Waals surface area contributed by atoms with Crippen molar-refractivity contribution in [3.63, 3.8) is 0 Å². The lowest BCUT2D eigenvalue weighted by molar-refractivity contribution is -0.136. The number of amides is 1. The summed E-state index contributed by atoms with van der Waals surface area (Å²) in [5.41, 5.74) is 0.881. The number of benzene rings is 2. The molecule has 0 fully saturated rings. The number of nitrogens with two attached hydrogens (primary N) is 1. The van der Waals surface area contributed by atoms with E-state index in [0.29, 0.717) is 6.54 Å². The number of ether oxygens (including phenoxy) is 1. The molecular weight excluding hydrogens is 404 g/mol. The maximum absolute atomic E-state index is 12.5. The van der Waals surface area contributed by atoms with Gasteiger partial charge in [0.1, 0.15) is 4.90 Å². The Hall–Kier alpha value is -2.42. The van der Waals surface area contributed by atoms with Crippen molar-refractivity contribution in [1.29, 1.82) is 0 Å². The molecule has 7 nitrogen and oxygen atoms in total. The molecule has 2 aromatic rings. The van der Waals surface area contributed by atoms with Gasteiger partial charge < -0.3 is 9.64 Å². The second-order valence-electron chi connectivity index (χ2n) is 6.37. The quantitative estimate of drug-likeness (QED) is 0.687. The average molecular weight is 425 g/mol. The van der Waals surface area contributed by atoms with E-state index < -0.39 is 22.6 Å². The Balaban J connectivity index is 2.07. The van der Waals surface area contributed by atoms with Crippen molar-refractivity contribution in [3.8, 4) is 0 Å². The topological polar surface area (TPSA) is 107 Å². The summed E-state index contributed by atoms with van der Waals surface area (Å²) >= 11 is 5.79. The van der Waals surface area contributed by atoms with Gasteiger partial charge in [0.15, 0.2) is 6.61 Å². The highest BCUT2D eigenvalue weighted by Crippen LogP contribution is 2.22. The molecular formula is C19H21ClN2O5S. The van der Waals surface area contributed by atoms with E-state index in [0.717, 1.165) is 11.6 Å². The third-order valence-electron chi connectivity index (χ3n) is 3.94. The smallest absolute Gasteiger partial charge is 0.338 e. The van der Waals surface area contributed by atoms with E-state index in [1.54, 1.807) is 4.90 Å². The predicted octanol–water partition coefficient (Wildman–Crippen LogP) is 2.58. The van der Waals surface area contributed by atoms with Crippen molar-refractivity contribution in [1.82, 2.24) is 4.90 Å². The van der Waals surface area contributed by atoms with Crippen LogP contribution in [-0.4, -0.2) is 37.8 Å². The molecule has 0 aliphatic rings. The standard InChI is InChI=1S/C19H21ClN2O5S/c1-13(2)22(11-14-6-4-3-5-7-14)18(23)12-27-19(24)15-8-9-16(20)17(10-15)28(21,25)26/h3-10,13H,11-12H2,1-2H3,(H2,21,25,26). The molecule has 0 aliphatic heterocycles. The minimum atomic E-state index is -4.09. The van der Waals surface area contributed by atoms with Crippen LogP contribution in [0.3, 0.4) is 0 Å². The Labute approximate surface area is 169 Å². The molecule has 0 saturated heterocycles. The molecule has 0 bridgehead atoms. The highest BCUT2D eigenvalue weighted by Gasteiger charge is 2.21. The van der Waals surface area contributed by atoms with Gasteiger partial charge in [0, 0.05) is 12.6 Å². The summed E-state index contributed by atoms with van der Waals surface area (Å²) in [6.45, 7) is 3.63. The van der Waals surface area contributed by atoms with Gasteiger partial charge in [0.25, 0.3) is 5.91 Å². The second-order valence-corrected chi connectivity index (χ2v) is 8.30. The minimum absolute atomic E-state index is 0.0691. The SMILES string of the molecule is CC(C)N(Cc1ccccc1)C(=O)COC(=O)c1ccc(Cl)c(S(N)(=O)=O)c1. The normalized spacial score (nSPS) is 11.3. The van der Waals surface area contributed by atoms with Crippen LogP contribution in [0.15, 0.2) is 53.4 Å². The largest absolute Gasteiger partial charge is 0.452 e. The lowest BCUT2D eigenvalue weighted by atomic mass is 10.2. The van der Waals surface area contributed by atoms with Gasteiger partial charge in [0.2, 0.25) is 10.0 Å². The third kappa shape index (κ3) is 5.79. The molecule has 0 unspecified atom stereocenters. The van der Waals surface area contributed by atoms with Gasteiger partial charge in [-0.3, -0.25) is 4.79 Å². The van der Waals surface area contributed by atoms with E-state index in [1.165, 1.54) is 12.1 Å². The van der Waals surface area contributed by atoms with Crippen molar-refractivity contribution in [2.75, 3.05) is 6.61 Å². The first-order valence-electron chi connectivity index (χ1n) is 8.42. The monoisotopic (exact) mass is 424 g/mol. The average Bonchev–Trinajstić information content (AvgIpc) is 2.64. The lowest BCUT2D eigenvalue weighted by Gasteiger charge is -2.26. The number of esters is 1. The molecule has 0 aliphatic carbocycles. The summed E-state index contributed by atoms with van der Waals surface area (Å²) in [5, 5.41) is 4.96. The van der Waals surface area contributed by atoms with E-state index in [2.05, 4.69) is 0 Å². The van der Waals surface area contributed by atoms with Crippen molar-refractivity contribution in [3.05, 3.63) is 64.7 Å². The van der Waals surface area contributed by atoms with E-state index in [4.69, 9.17) is 21.5 Å². The lowest BCUT2D eigenvalue weighted by Crippen LogP contribution is -2.39. The summed E-state index contributed by atoms with van der Waals surface area (Å²) in [7, 11) is -4.09. The molecule has 0 saturated carbocycles. The van der Waals surface area contributed by atoms with Crippen LogP contribution in [0.4, 0.5) is 0 Å². The van der Waals surface area contributed by atoms with Crippen LogP contribution in [0.1, 0.15) is 29.8 Å². The van der Waals surface area contributed by atoms with Crippen molar-refractivity contribution < 1.29 is 22.7 Å². The van der Waals surface area contributed by atoms with E-state index in [1.807, 2.05) is 44.2 Å². The van der Waals surface area contributed by atoms with Crippen LogP contribution < -0.4 is 5.14 Å². The van der Waals surface area contributed by atoms with Crippen molar-refractivity contribution >= 4 is 33.5 Å². The highest BCUT2D eigenvalue weighted by molar-refractivity contribution is 7.89. The Morgan fingerprint density at radius 2 is 1.79 bits per heavy atom. The fourth-order valence-electron chi connectivity index (χ4n) is 2.48. The molecule has 0 heterocycles. The molecule has 28 heavy (non-hydrogen) atoms. The van der Waals surface area contributed by atoms with Crippen LogP contribution in [0.2, 0.25) is 5.02 Å². The van der Waals surface area contributed by atoms with Gasteiger partial charge in [-0.25, -0.2) is 18.4 Å². The zero-order valence-corrected chi connectivity index (χ0v) is 17.0.